The molecule has 74 heavy (non-hydrogen) atoms. The molecule has 0 aliphatic carbocycles. The van der Waals surface area contributed by atoms with Gasteiger partial charge in [0.05, 0.1) is 25.4 Å². The number of allylic oxidation sites excluding steroid dienone is 7. The second-order valence-corrected chi connectivity index (χ2v) is 22.2. The van der Waals surface area contributed by atoms with Crippen LogP contribution in [0, 0.1) is 0 Å². The quantitative estimate of drug-likeness (QED) is 0.0261. The molecule has 1 fully saturated rings. The van der Waals surface area contributed by atoms with Crippen molar-refractivity contribution in [3.8, 4) is 0 Å². The zero-order valence-corrected chi connectivity index (χ0v) is 48.4. The maximum Gasteiger partial charge on any atom is 0.220 e. The Balaban J connectivity index is 2.03. The summed E-state index contributed by atoms with van der Waals surface area (Å²) in [6, 6.07) is -0.827. The van der Waals surface area contributed by atoms with Gasteiger partial charge in [-0.2, -0.15) is 0 Å². The lowest BCUT2D eigenvalue weighted by Gasteiger charge is -2.40. The minimum atomic E-state index is -1.57. The van der Waals surface area contributed by atoms with Gasteiger partial charge in [-0.3, -0.25) is 4.79 Å². The summed E-state index contributed by atoms with van der Waals surface area (Å²) >= 11 is 0. The maximum absolute atomic E-state index is 13.0. The highest BCUT2D eigenvalue weighted by Crippen LogP contribution is 2.23. The van der Waals surface area contributed by atoms with Crippen LogP contribution in [0.2, 0.25) is 0 Å². The first-order valence-corrected chi connectivity index (χ1v) is 31.9. The summed E-state index contributed by atoms with van der Waals surface area (Å²) in [4.78, 5) is 13.0. The smallest absolute Gasteiger partial charge is 0.220 e. The van der Waals surface area contributed by atoms with Gasteiger partial charge < -0.3 is 40.3 Å². The Morgan fingerprint density at radius 2 is 0.784 bits per heavy atom. The minimum Gasteiger partial charge on any atom is -0.394 e. The van der Waals surface area contributed by atoms with E-state index in [1.54, 1.807) is 6.08 Å². The second-order valence-electron chi connectivity index (χ2n) is 22.2. The second kappa shape index (κ2) is 54.5. The van der Waals surface area contributed by atoms with Crippen molar-refractivity contribution in [1.82, 2.24) is 5.32 Å². The first kappa shape index (κ1) is 70.2. The molecule has 1 saturated heterocycles. The molecule has 0 aromatic heterocycles. The van der Waals surface area contributed by atoms with Gasteiger partial charge in [0.2, 0.25) is 5.91 Å². The van der Waals surface area contributed by atoms with Crippen LogP contribution in [0.5, 0.6) is 0 Å². The predicted molar refractivity (Wildman–Crippen MR) is 313 cm³/mol. The van der Waals surface area contributed by atoms with E-state index >= 15 is 0 Å². The molecule has 1 rings (SSSR count). The number of ether oxygens (including phenoxy) is 2. The molecule has 6 N–H and O–H groups in total. The van der Waals surface area contributed by atoms with Crippen LogP contribution < -0.4 is 5.32 Å². The van der Waals surface area contributed by atoms with E-state index in [-0.39, 0.29) is 12.5 Å². The number of nitrogens with one attached hydrogen (secondary N) is 1. The van der Waals surface area contributed by atoms with E-state index in [0.29, 0.717) is 6.42 Å². The first-order chi connectivity index (χ1) is 36.3. The molecule has 0 aromatic carbocycles. The van der Waals surface area contributed by atoms with Gasteiger partial charge in [0.1, 0.15) is 24.4 Å². The van der Waals surface area contributed by atoms with Crippen LogP contribution in [-0.4, -0.2) is 87.5 Å². The van der Waals surface area contributed by atoms with Crippen molar-refractivity contribution in [2.75, 3.05) is 13.2 Å². The number of amides is 1. The zero-order valence-electron chi connectivity index (χ0n) is 48.4. The molecule has 1 aliphatic rings. The van der Waals surface area contributed by atoms with E-state index in [2.05, 4.69) is 55.6 Å². The largest absolute Gasteiger partial charge is 0.394 e. The van der Waals surface area contributed by atoms with Crippen LogP contribution in [-0.2, 0) is 14.3 Å². The molecule has 0 bridgehead atoms. The summed E-state index contributed by atoms with van der Waals surface area (Å²) in [5.41, 5.74) is 0. The van der Waals surface area contributed by atoms with E-state index in [1.807, 2.05) is 6.08 Å². The lowest BCUT2D eigenvalue weighted by Crippen LogP contribution is -2.60. The molecule has 7 unspecified atom stereocenters. The zero-order chi connectivity index (χ0) is 53.6. The predicted octanol–water partition coefficient (Wildman–Crippen LogP) is 16.5. The van der Waals surface area contributed by atoms with Crippen molar-refractivity contribution >= 4 is 5.91 Å². The summed E-state index contributed by atoms with van der Waals surface area (Å²) in [6.07, 6.45) is 66.7. The lowest BCUT2D eigenvalue weighted by atomic mass is 9.99. The fourth-order valence-corrected chi connectivity index (χ4v) is 10.1. The Labute approximate surface area is 456 Å². The Morgan fingerprint density at radius 1 is 0.446 bits per heavy atom. The average molecular weight is 1040 g/mol. The molecule has 0 saturated carbocycles. The Hall–Kier alpha value is -1.85. The topological polar surface area (TPSA) is 149 Å². The molecule has 9 heteroatoms. The third kappa shape index (κ3) is 43.2. The van der Waals surface area contributed by atoms with E-state index in [0.717, 1.165) is 51.4 Å². The van der Waals surface area contributed by atoms with Gasteiger partial charge in [0.25, 0.3) is 0 Å². The molecule has 0 spiro atoms. The van der Waals surface area contributed by atoms with Gasteiger partial charge >= 0.3 is 0 Å². The summed E-state index contributed by atoms with van der Waals surface area (Å²) < 4.78 is 11.2. The standard InChI is InChI=1S/C65H121NO8/c1-3-5-7-9-11-13-15-17-18-19-20-21-22-23-24-25-26-27-28-29-30-31-32-33-34-35-36-37-38-39-40-41-42-43-45-47-49-51-53-55-61(69)66-58(57-73-65-64(72)63(71)62(70)60(56-67)74-65)59(68)54-52-50-48-46-44-16-14-12-10-8-6-4-2/h10,12,29-30,44,46,52,54,58-60,62-65,67-68,70-72H,3-9,11,13-28,31-43,45,47-51,53,55-57H2,1-2H3,(H,66,69)/b12-10+,30-29-,46-44+,54-52+. The molecule has 434 valence electrons. The van der Waals surface area contributed by atoms with Crippen LogP contribution in [0.25, 0.3) is 0 Å². The molecule has 7 atom stereocenters. The molecule has 1 aliphatic heterocycles. The monoisotopic (exact) mass is 1040 g/mol. The molecule has 9 nitrogen and oxygen atoms in total. The normalized spacial score (nSPS) is 19.3. The first-order valence-electron chi connectivity index (χ1n) is 31.9. The summed E-state index contributed by atoms with van der Waals surface area (Å²) in [7, 11) is 0. The molecule has 0 aromatic rings. The highest BCUT2D eigenvalue weighted by molar-refractivity contribution is 5.76. The molecular formula is C65H121NO8. The number of unbranched alkanes of at least 4 members (excludes halogenated alkanes) is 39. The summed E-state index contributed by atoms with van der Waals surface area (Å²) in [5, 5.41) is 54.3. The highest BCUT2D eigenvalue weighted by Gasteiger charge is 2.44. The van der Waals surface area contributed by atoms with Crippen molar-refractivity contribution in [1.29, 1.82) is 0 Å². The molecule has 1 heterocycles. The molecular weight excluding hydrogens is 923 g/mol. The number of carbonyl (C=O) groups excluding carboxylic acids is 1. The molecule has 0 radical (unpaired) electrons. The van der Waals surface area contributed by atoms with Gasteiger partial charge in [-0.05, 0) is 64.2 Å². The van der Waals surface area contributed by atoms with E-state index in [4.69, 9.17) is 9.47 Å². The van der Waals surface area contributed by atoms with E-state index in [9.17, 15) is 30.3 Å². The van der Waals surface area contributed by atoms with Gasteiger partial charge in [0.15, 0.2) is 6.29 Å². The minimum absolute atomic E-state index is 0.189. The third-order valence-electron chi connectivity index (χ3n) is 15.1. The van der Waals surface area contributed by atoms with Crippen LogP contribution in [0.15, 0.2) is 48.6 Å². The Bertz CT molecular complexity index is 1300. The van der Waals surface area contributed by atoms with E-state index in [1.165, 1.54) is 231 Å². The van der Waals surface area contributed by atoms with Gasteiger partial charge in [-0.1, -0.05) is 281 Å². The van der Waals surface area contributed by atoms with Crippen LogP contribution in [0.4, 0.5) is 0 Å². The van der Waals surface area contributed by atoms with Gasteiger partial charge in [-0.25, -0.2) is 0 Å². The number of aliphatic hydroxyl groups excluding tert-OH is 5. The number of rotatable bonds is 55. The lowest BCUT2D eigenvalue weighted by molar-refractivity contribution is -0.302. The number of hydrogen-bond donors (Lipinski definition) is 6. The van der Waals surface area contributed by atoms with Crippen LogP contribution in [0.1, 0.15) is 303 Å². The Kier molecular flexibility index (Phi) is 51.7. The third-order valence-corrected chi connectivity index (χ3v) is 15.1. The van der Waals surface area contributed by atoms with Crippen molar-refractivity contribution in [2.45, 2.75) is 346 Å². The number of carbonyl (C=O) groups is 1. The molecule has 1 amide bonds. The fourth-order valence-electron chi connectivity index (χ4n) is 10.1. The number of aliphatic hydroxyl groups is 5. The van der Waals surface area contributed by atoms with Gasteiger partial charge in [0, 0.05) is 6.42 Å². The summed E-state index contributed by atoms with van der Waals surface area (Å²) in [5.74, 6) is -0.189. The maximum atomic E-state index is 13.0. The van der Waals surface area contributed by atoms with Crippen LogP contribution >= 0.6 is 0 Å². The Morgan fingerprint density at radius 3 is 1.18 bits per heavy atom. The van der Waals surface area contributed by atoms with Crippen molar-refractivity contribution in [3.63, 3.8) is 0 Å². The SMILES string of the molecule is CCCC/C=C/CC/C=C/CC/C=C/C(O)C(COC1OC(CO)C(O)C(O)C1O)NC(=O)CCCCCCCCCCCCCCCCCCC/C=C\CCCCCCCCCCCCCCCCCCCC. The average Bonchev–Trinajstić information content (AvgIpc) is 3.40. The van der Waals surface area contributed by atoms with Gasteiger partial charge in [-0.15, -0.1) is 0 Å². The van der Waals surface area contributed by atoms with Crippen LogP contribution in [0.3, 0.4) is 0 Å². The van der Waals surface area contributed by atoms with Crippen molar-refractivity contribution < 1.29 is 39.8 Å². The van der Waals surface area contributed by atoms with Crippen molar-refractivity contribution in [3.05, 3.63) is 48.6 Å². The number of hydrogen-bond acceptors (Lipinski definition) is 8. The fraction of sp³-hybridized carbons (Fsp3) is 0.862. The summed E-state index contributed by atoms with van der Waals surface area (Å²) in [6.45, 7) is 3.73. The van der Waals surface area contributed by atoms with Crippen molar-refractivity contribution in [2.24, 2.45) is 0 Å². The van der Waals surface area contributed by atoms with E-state index < -0.39 is 49.5 Å². The highest BCUT2D eigenvalue weighted by atomic mass is 16.7.